The van der Waals surface area contributed by atoms with E-state index in [1.807, 2.05) is 54.8 Å². The minimum absolute atomic E-state index is 0.0209. The molecule has 3 rings (SSSR count). The molecule has 0 aliphatic heterocycles. The molecule has 0 radical (unpaired) electrons. The Kier molecular flexibility index (Phi) is 5.46. The molecule has 3 aromatic rings. The lowest BCUT2D eigenvalue weighted by Gasteiger charge is -2.20. The molecule has 1 amide bonds. The van der Waals surface area contributed by atoms with Crippen molar-refractivity contribution in [3.05, 3.63) is 76.4 Å². The first-order chi connectivity index (χ1) is 11.7. The summed E-state index contributed by atoms with van der Waals surface area (Å²) in [5.74, 6) is 0.836. The molecule has 0 saturated heterocycles. The summed E-state index contributed by atoms with van der Waals surface area (Å²) in [6.45, 7) is 3.63. The molecule has 0 aliphatic rings. The highest BCUT2D eigenvalue weighted by Crippen LogP contribution is 2.16. The minimum atomic E-state index is -0.0209. The van der Waals surface area contributed by atoms with E-state index in [2.05, 4.69) is 16.3 Å². The van der Waals surface area contributed by atoms with Gasteiger partial charge in [0.1, 0.15) is 5.76 Å². The second-order valence-corrected chi connectivity index (χ2v) is 6.70. The molecule has 5 heteroatoms. The van der Waals surface area contributed by atoms with Crippen LogP contribution < -0.4 is 5.32 Å². The van der Waals surface area contributed by atoms with Crippen LogP contribution in [-0.2, 0) is 17.9 Å². The van der Waals surface area contributed by atoms with Crippen molar-refractivity contribution in [1.29, 1.82) is 0 Å². The van der Waals surface area contributed by atoms with Gasteiger partial charge in [0.15, 0.2) is 0 Å². The molecule has 0 aliphatic carbocycles. The number of furan rings is 1. The number of aryl methyl sites for hydroxylation is 1. The maximum absolute atomic E-state index is 12.5. The quantitative estimate of drug-likeness (QED) is 0.698. The van der Waals surface area contributed by atoms with Crippen molar-refractivity contribution in [3.63, 3.8) is 0 Å². The highest BCUT2D eigenvalue weighted by molar-refractivity contribution is 7.09. The normalized spacial score (nSPS) is 10.9. The van der Waals surface area contributed by atoms with E-state index in [9.17, 15) is 4.79 Å². The summed E-state index contributed by atoms with van der Waals surface area (Å²) in [4.78, 5) is 15.8. The van der Waals surface area contributed by atoms with Gasteiger partial charge in [0.25, 0.3) is 0 Å². The number of rotatable bonds is 7. The van der Waals surface area contributed by atoms with Gasteiger partial charge in [0.2, 0.25) is 5.91 Å². The number of amides is 1. The van der Waals surface area contributed by atoms with E-state index < -0.39 is 0 Å². The van der Waals surface area contributed by atoms with Gasteiger partial charge in [-0.15, -0.1) is 11.3 Å². The molecule has 2 aromatic heterocycles. The molecule has 0 saturated carbocycles. The lowest BCUT2D eigenvalue weighted by molar-refractivity contribution is -0.117. The number of nitrogens with zero attached hydrogens (tertiary/aromatic N) is 1. The van der Waals surface area contributed by atoms with Crippen molar-refractivity contribution in [2.24, 2.45) is 0 Å². The van der Waals surface area contributed by atoms with Crippen LogP contribution in [0.15, 0.2) is 64.6 Å². The van der Waals surface area contributed by atoms with Crippen LogP contribution in [0.25, 0.3) is 0 Å². The van der Waals surface area contributed by atoms with Gasteiger partial charge in [-0.3, -0.25) is 9.69 Å². The Labute approximate surface area is 145 Å². The van der Waals surface area contributed by atoms with Crippen LogP contribution in [0.3, 0.4) is 0 Å². The number of nitrogens with one attached hydrogen (secondary N) is 1. The zero-order chi connectivity index (χ0) is 16.8. The summed E-state index contributed by atoms with van der Waals surface area (Å²) in [7, 11) is 0. The van der Waals surface area contributed by atoms with E-state index in [1.165, 1.54) is 4.88 Å². The average Bonchev–Trinajstić information content (AvgIpc) is 3.23. The SMILES string of the molecule is Cc1ccccc1NC(=O)CN(Cc1ccco1)Cc1cccs1. The highest BCUT2D eigenvalue weighted by Gasteiger charge is 2.14. The summed E-state index contributed by atoms with van der Waals surface area (Å²) in [6, 6.07) is 15.7. The standard InChI is InChI=1S/C19H20N2O2S/c1-15-6-2-3-9-18(15)20-19(22)14-21(12-16-7-4-10-23-16)13-17-8-5-11-24-17/h2-11H,12-14H2,1H3,(H,20,22). The third-order valence-corrected chi connectivity index (χ3v) is 4.57. The summed E-state index contributed by atoms with van der Waals surface area (Å²) < 4.78 is 5.43. The molecule has 124 valence electrons. The number of anilines is 1. The lowest BCUT2D eigenvalue weighted by Crippen LogP contribution is -2.32. The Morgan fingerprint density at radius 2 is 2.00 bits per heavy atom. The molecule has 24 heavy (non-hydrogen) atoms. The van der Waals surface area contributed by atoms with Gasteiger partial charge in [0.05, 0.1) is 19.4 Å². The zero-order valence-corrected chi connectivity index (χ0v) is 14.4. The average molecular weight is 340 g/mol. The Bertz CT molecular complexity index is 730. The van der Waals surface area contributed by atoms with Gasteiger partial charge < -0.3 is 9.73 Å². The smallest absolute Gasteiger partial charge is 0.238 e. The number of hydrogen-bond donors (Lipinski definition) is 1. The number of carbonyl (C=O) groups excluding carboxylic acids is 1. The zero-order valence-electron chi connectivity index (χ0n) is 13.6. The lowest BCUT2D eigenvalue weighted by atomic mass is 10.2. The summed E-state index contributed by atoms with van der Waals surface area (Å²) in [5.41, 5.74) is 1.92. The third kappa shape index (κ3) is 4.57. The van der Waals surface area contributed by atoms with Crippen molar-refractivity contribution < 1.29 is 9.21 Å². The van der Waals surface area contributed by atoms with Gasteiger partial charge in [-0.1, -0.05) is 24.3 Å². The van der Waals surface area contributed by atoms with Crippen LogP contribution in [0.1, 0.15) is 16.2 Å². The molecule has 0 unspecified atom stereocenters. The van der Waals surface area contributed by atoms with Crippen molar-refractivity contribution in [1.82, 2.24) is 4.90 Å². The monoisotopic (exact) mass is 340 g/mol. The van der Waals surface area contributed by atoms with Crippen LogP contribution >= 0.6 is 11.3 Å². The number of benzene rings is 1. The Morgan fingerprint density at radius 1 is 1.12 bits per heavy atom. The third-order valence-electron chi connectivity index (χ3n) is 3.71. The van der Waals surface area contributed by atoms with Crippen molar-refractivity contribution in [3.8, 4) is 0 Å². The molecule has 0 spiro atoms. The Morgan fingerprint density at radius 3 is 2.71 bits per heavy atom. The van der Waals surface area contributed by atoms with E-state index in [4.69, 9.17) is 4.42 Å². The molecular formula is C19H20N2O2S. The van der Waals surface area contributed by atoms with Crippen molar-refractivity contribution in [2.75, 3.05) is 11.9 Å². The van der Waals surface area contributed by atoms with Gasteiger partial charge in [-0.05, 0) is 42.1 Å². The molecule has 1 aromatic carbocycles. The number of carbonyl (C=O) groups is 1. The van der Waals surface area contributed by atoms with Crippen LogP contribution in [0, 0.1) is 6.92 Å². The summed E-state index contributed by atoms with van der Waals surface area (Å²) in [5, 5.41) is 5.04. The fourth-order valence-electron chi connectivity index (χ4n) is 2.52. The first-order valence-electron chi connectivity index (χ1n) is 7.83. The predicted octanol–water partition coefficient (Wildman–Crippen LogP) is 4.29. The highest BCUT2D eigenvalue weighted by atomic mass is 32.1. The van der Waals surface area contributed by atoms with Gasteiger partial charge >= 0.3 is 0 Å². The number of para-hydroxylation sites is 1. The van der Waals surface area contributed by atoms with Crippen LogP contribution in [0.4, 0.5) is 5.69 Å². The van der Waals surface area contributed by atoms with Crippen LogP contribution in [-0.4, -0.2) is 17.4 Å². The Balaban J connectivity index is 1.66. The molecule has 0 bridgehead atoms. The molecule has 1 N–H and O–H groups in total. The number of thiophene rings is 1. The maximum Gasteiger partial charge on any atom is 0.238 e. The fourth-order valence-corrected chi connectivity index (χ4v) is 3.27. The van der Waals surface area contributed by atoms with E-state index >= 15 is 0 Å². The first kappa shape index (κ1) is 16.5. The molecule has 0 fully saturated rings. The van der Waals surface area contributed by atoms with E-state index in [0.29, 0.717) is 13.1 Å². The van der Waals surface area contributed by atoms with E-state index in [0.717, 1.165) is 23.6 Å². The van der Waals surface area contributed by atoms with Gasteiger partial charge in [-0.2, -0.15) is 0 Å². The maximum atomic E-state index is 12.5. The van der Waals surface area contributed by atoms with Gasteiger partial charge in [-0.25, -0.2) is 0 Å². The first-order valence-corrected chi connectivity index (χ1v) is 8.71. The molecule has 0 atom stereocenters. The topological polar surface area (TPSA) is 45.5 Å². The van der Waals surface area contributed by atoms with Crippen LogP contribution in [0.2, 0.25) is 0 Å². The Hall–Kier alpha value is -2.37. The molecule has 4 nitrogen and oxygen atoms in total. The second-order valence-electron chi connectivity index (χ2n) is 5.67. The van der Waals surface area contributed by atoms with Crippen molar-refractivity contribution in [2.45, 2.75) is 20.0 Å². The fraction of sp³-hybridized carbons (Fsp3) is 0.211. The van der Waals surface area contributed by atoms with Crippen LogP contribution in [0.5, 0.6) is 0 Å². The number of hydrogen-bond acceptors (Lipinski definition) is 4. The molecular weight excluding hydrogens is 320 g/mol. The van der Waals surface area contributed by atoms with E-state index in [-0.39, 0.29) is 5.91 Å². The largest absolute Gasteiger partial charge is 0.468 e. The summed E-state index contributed by atoms with van der Waals surface area (Å²) in [6.07, 6.45) is 1.66. The van der Waals surface area contributed by atoms with Crippen molar-refractivity contribution >= 4 is 22.9 Å². The predicted molar refractivity (Wildman–Crippen MR) is 96.9 cm³/mol. The minimum Gasteiger partial charge on any atom is -0.468 e. The van der Waals surface area contributed by atoms with Gasteiger partial charge in [0, 0.05) is 17.1 Å². The molecule has 2 heterocycles. The summed E-state index contributed by atoms with van der Waals surface area (Å²) >= 11 is 1.69. The van der Waals surface area contributed by atoms with E-state index in [1.54, 1.807) is 17.6 Å². The second kappa shape index (κ2) is 7.95.